The van der Waals surface area contributed by atoms with Crippen LogP contribution < -0.4 is 10.2 Å². The van der Waals surface area contributed by atoms with E-state index in [9.17, 15) is 9.90 Å². The minimum atomic E-state index is -0.873. The highest BCUT2D eigenvalue weighted by molar-refractivity contribution is 5.73. The van der Waals surface area contributed by atoms with Gasteiger partial charge in [0.15, 0.2) is 0 Å². The first-order valence-electron chi connectivity index (χ1n) is 6.87. The third-order valence-electron chi connectivity index (χ3n) is 3.23. The first-order valence-corrected chi connectivity index (χ1v) is 6.87. The van der Waals surface area contributed by atoms with Crippen LogP contribution in [0.4, 0.5) is 5.69 Å². The fourth-order valence-corrected chi connectivity index (χ4v) is 1.97. The van der Waals surface area contributed by atoms with Crippen LogP contribution in [0.2, 0.25) is 0 Å². The van der Waals surface area contributed by atoms with Crippen molar-refractivity contribution < 1.29 is 15.0 Å². The van der Waals surface area contributed by atoms with Crippen molar-refractivity contribution in [2.24, 2.45) is 0 Å². The topological polar surface area (TPSA) is 72.8 Å². The van der Waals surface area contributed by atoms with E-state index >= 15 is 0 Å². The Bertz CT molecular complexity index is 418. The highest BCUT2D eigenvalue weighted by Gasteiger charge is 2.17. The fraction of sp³-hybridized carbons (Fsp3) is 0.533. The van der Waals surface area contributed by atoms with Gasteiger partial charge in [-0.15, -0.1) is 0 Å². The maximum Gasteiger partial charge on any atom is 0.320 e. The zero-order chi connectivity index (χ0) is 15.1. The van der Waals surface area contributed by atoms with E-state index in [0.717, 1.165) is 17.7 Å². The van der Waals surface area contributed by atoms with E-state index in [1.54, 1.807) is 0 Å². The van der Waals surface area contributed by atoms with Gasteiger partial charge in [0.1, 0.15) is 6.04 Å². The monoisotopic (exact) mass is 280 g/mol. The highest BCUT2D eigenvalue weighted by atomic mass is 16.4. The highest BCUT2D eigenvalue weighted by Crippen LogP contribution is 2.17. The lowest BCUT2D eigenvalue weighted by molar-refractivity contribution is -0.139. The van der Waals surface area contributed by atoms with E-state index in [4.69, 9.17) is 5.11 Å². The Kier molecular flexibility index (Phi) is 6.48. The Balaban J connectivity index is 2.57. The number of carbonyl (C=O) groups is 1. The van der Waals surface area contributed by atoms with Crippen LogP contribution in [-0.4, -0.2) is 42.9 Å². The molecule has 1 aromatic rings. The number of aliphatic hydroxyl groups excluding tert-OH is 1. The second kappa shape index (κ2) is 7.87. The predicted molar refractivity (Wildman–Crippen MR) is 80.1 cm³/mol. The summed E-state index contributed by atoms with van der Waals surface area (Å²) >= 11 is 0. The molecule has 0 bridgehead atoms. The molecule has 2 atom stereocenters. The van der Waals surface area contributed by atoms with Crippen LogP contribution >= 0.6 is 0 Å². The van der Waals surface area contributed by atoms with Gasteiger partial charge in [0.2, 0.25) is 0 Å². The van der Waals surface area contributed by atoms with Crippen LogP contribution in [0, 0.1) is 0 Å². The Morgan fingerprint density at radius 2 is 1.90 bits per heavy atom. The quantitative estimate of drug-likeness (QED) is 0.675. The number of benzene rings is 1. The molecule has 0 saturated carbocycles. The minimum Gasteiger partial charge on any atom is -0.480 e. The number of aliphatic carboxylic acids is 1. The SMILES string of the molecule is CCCC(NCC(O)c1ccc(N(C)C)cc1)C(=O)O. The zero-order valence-corrected chi connectivity index (χ0v) is 12.3. The first-order chi connectivity index (χ1) is 9.45. The Morgan fingerprint density at radius 3 is 2.35 bits per heavy atom. The lowest BCUT2D eigenvalue weighted by Gasteiger charge is -2.18. The molecule has 20 heavy (non-hydrogen) atoms. The van der Waals surface area contributed by atoms with Gasteiger partial charge < -0.3 is 20.4 Å². The molecule has 0 aliphatic heterocycles. The third kappa shape index (κ3) is 4.83. The van der Waals surface area contributed by atoms with E-state index in [1.165, 1.54) is 0 Å². The molecule has 1 rings (SSSR count). The molecule has 0 spiro atoms. The smallest absolute Gasteiger partial charge is 0.320 e. The predicted octanol–water partition coefficient (Wildman–Crippen LogP) is 1.63. The summed E-state index contributed by atoms with van der Waals surface area (Å²) in [7, 11) is 3.91. The molecule has 0 aliphatic carbocycles. The van der Waals surface area contributed by atoms with Crippen molar-refractivity contribution in [3.63, 3.8) is 0 Å². The normalized spacial score (nSPS) is 13.8. The average molecular weight is 280 g/mol. The van der Waals surface area contributed by atoms with Crippen molar-refractivity contribution in [2.75, 3.05) is 25.5 Å². The third-order valence-corrected chi connectivity index (χ3v) is 3.23. The summed E-state index contributed by atoms with van der Waals surface area (Å²) in [6.45, 7) is 2.17. The lowest BCUT2D eigenvalue weighted by Crippen LogP contribution is -2.38. The van der Waals surface area contributed by atoms with Crippen LogP contribution in [0.25, 0.3) is 0 Å². The number of nitrogens with zero attached hydrogens (tertiary/aromatic N) is 1. The molecule has 0 amide bonds. The maximum atomic E-state index is 11.0. The van der Waals surface area contributed by atoms with Crippen molar-refractivity contribution in [1.29, 1.82) is 0 Å². The van der Waals surface area contributed by atoms with E-state index in [1.807, 2.05) is 50.2 Å². The van der Waals surface area contributed by atoms with Crippen molar-refractivity contribution in [3.05, 3.63) is 29.8 Å². The van der Waals surface area contributed by atoms with Gasteiger partial charge in [0.05, 0.1) is 6.10 Å². The van der Waals surface area contributed by atoms with Crippen molar-refractivity contribution in [3.8, 4) is 0 Å². The standard InChI is InChI=1S/C15H24N2O3/c1-4-5-13(15(19)20)16-10-14(18)11-6-8-12(9-7-11)17(2)3/h6-9,13-14,16,18H,4-5,10H2,1-3H3,(H,19,20). The summed E-state index contributed by atoms with van der Waals surface area (Å²) < 4.78 is 0. The van der Waals surface area contributed by atoms with Crippen molar-refractivity contribution in [1.82, 2.24) is 5.32 Å². The van der Waals surface area contributed by atoms with Crippen LogP contribution in [0.3, 0.4) is 0 Å². The summed E-state index contributed by atoms with van der Waals surface area (Å²) in [5, 5.41) is 22.0. The van der Waals surface area contributed by atoms with E-state index in [2.05, 4.69) is 5.32 Å². The molecule has 5 heteroatoms. The van der Waals surface area contributed by atoms with E-state index in [-0.39, 0.29) is 6.54 Å². The molecule has 0 heterocycles. The van der Waals surface area contributed by atoms with Gasteiger partial charge in [0, 0.05) is 26.3 Å². The van der Waals surface area contributed by atoms with Crippen LogP contribution in [0.1, 0.15) is 31.4 Å². The summed E-state index contributed by atoms with van der Waals surface area (Å²) in [6.07, 6.45) is 0.643. The number of nitrogens with one attached hydrogen (secondary N) is 1. The number of rotatable bonds is 8. The summed E-state index contributed by atoms with van der Waals surface area (Å²) in [4.78, 5) is 13.0. The van der Waals surface area contributed by atoms with Crippen LogP contribution in [-0.2, 0) is 4.79 Å². The van der Waals surface area contributed by atoms with Gasteiger partial charge in [-0.1, -0.05) is 25.5 Å². The van der Waals surface area contributed by atoms with Crippen LogP contribution in [0.5, 0.6) is 0 Å². The number of carboxylic acid groups (broad SMARTS) is 1. The summed E-state index contributed by atoms with van der Waals surface area (Å²) in [5.74, 6) is -0.873. The number of anilines is 1. The maximum absolute atomic E-state index is 11.0. The van der Waals surface area contributed by atoms with Crippen LogP contribution in [0.15, 0.2) is 24.3 Å². The zero-order valence-electron chi connectivity index (χ0n) is 12.3. The van der Waals surface area contributed by atoms with Gasteiger partial charge in [-0.3, -0.25) is 4.79 Å². The fourth-order valence-electron chi connectivity index (χ4n) is 1.97. The van der Waals surface area contributed by atoms with Gasteiger partial charge in [0.25, 0.3) is 0 Å². The summed E-state index contributed by atoms with van der Waals surface area (Å²) in [6, 6.07) is 6.98. The molecule has 112 valence electrons. The van der Waals surface area contributed by atoms with Gasteiger partial charge in [-0.2, -0.15) is 0 Å². The van der Waals surface area contributed by atoms with E-state index in [0.29, 0.717) is 6.42 Å². The lowest BCUT2D eigenvalue weighted by atomic mass is 10.1. The number of carboxylic acids is 1. The second-order valence-corrected chi connectivity index (χ2v) is 5.09. The Hall–Kier alpha value is -1.59. The number of hydrogen-bond acceptors (Lipinski definition) is 4. The van der Waals surface area contributed by atoms with Gasteiger partial charge in [-0.25, -0.2) is 0 Å². The van der Waals surface area contributed by atoms with Gasteiger partial charge in [-0.05, 0) is 24.1 Å². The van der Waals surface area contributed by atoms with Crippen molar-refractivity contribution in [2.45, 2.75) is 31.9 Å². The molecule has 0 radical (unpaired) electrons. The first kappa shape index (κ1) is 16.5. The number of aliphatic hydroxyl groups is 1. The molecule has 1 aromatic carbocycles. The average Bonchev–Trinajstić information content (AvgIpc) is 2.42. The Labute approximate surface area is 120 Å². The largest absolute Gasteiger partial charge is 0.480 e. The van der Waals surface area contributed by atoms with E-state index < -0.39 is 18.1 Å². The number of hydrogen-bond donors (Lipinski definition) is 3. The van der Waals surface area contributed by atoms with Gasteiger partial charge >= 0.3 is 5.97 Å². The molecular weight excluding hydrogens is 256 g/mol. The molecule has 5 nitrogen and oxygen atoms in total. The molecule has 0 aliphatic rings. The molecule has 0 saturated heterocycles. The molecular formula is C15H24N2O3. The molecule has 0 fully saturated rings. The second-order valence-electron chi connectivity index (χ2n) is 5.09. The minimum absolute atomic E-state index is 0.234. The summed E-state index contributed by atoms with van der Waals surface area (Å²) in [5.41, 5.74) is 1.84. The Morgan fingerprint density at radius 1 is 1.30 bits per heavy atom. The molecule has 2 unspecified atom stereocenters. The molecule has 3 N–H and O–H groups in total. The molecule has 0 aromatic heterocycles. The van der Waals surface area contributed by atoms with Crippen molar-refractivity contribution >= 4 is 11.7 Å².